The number of hydrogen-bond donors (Lipinski definition) is 1. The van der Waals surface area contributed by atoms with Crippen molar-refractivity contribution in [2.24, 2.45) is 0 Å². The van der Waals surface area contributed by atoms with E-state index in [0.717, 1.165) is 16.8 Å². The topological polar surface area (TPSA) is 21.3 Å². The van der Waals surface area contributed by atoms with Crippen molar-refractivity contribution in [3.8, 4) is 5.75 Å². The van der Waals surface area contributed by atoms with E-state index in [1.807, 2.05) is 18.2 Å². The standard InChI is InChI=1S/C15H18BrNOS/c1-3-17-11(2)14-7-6-12(9-15(14)16)18-10-13-5-4-8-19-13/h4-9,11,17H,3,10H2,1-2H3. The van der Waals surface area contributed by atoms with Crippen LogP contribution in [-0.2, 0) is 6.61 Å². The minimum Gasteiger partial charge on any atom is -0.488 e. The third kappa shape index (κ3) is 4.06. The number of nitrogens with one attached hydrogen (secondary N) is 1. The maximum Gasteiger partial charge on any atom is 0.122 e. The lowest BCUT2D eigenvalue weighted by Crippen LogP contribution is -2.18. The van der Waals surface area contributed by atoms with Gasteiger partial charge < -0.3 is 10.1 Å². The van der Waals surface area contributed by atoms with E-state index in [0.29, 0.717) is 12.6 Å². The smallest absolute Gasteiger partial charge is 0.122 e. The number of thiophene rings is 1. The average Bonchev–Trinajstić information content (AvgIpc) is 2.89. The SMILES string of the molecule is CCNC(C)c1ccc(OCc2cccs2)cc1Br. The van der Waals surface area contributed by atoms with Gasteiger partial charge in [0.15, 0.2) is 0 Å². The van der Waals surface area contributed by atoms with Gasteiger partial charge in [0.05, 0.1) is 0 Å². The summed E-state index contributed by atoms with van der Waals surface area (Å²) >= 11 is 5.33. The normalized spacial score (nSPS) is 12.4. The van der Waals surface area contributed by atoms with Crippen LogP contribution in [0.15, 0.2) is 40.2 Å². The lowest BCUT2D eigenvalue weighted by molar-refractivity contribution is 0.309. The molecule has 0 spiro atoms. The van der Waals surface area contributed by atoms with Gasteiger partial charge in [-0.3, -0.25) is 0 Å². The van der Waals surface area contributed by atoms with Crippen LogP contribution in [0.4, 0.5) is 0 Å². The largest absolute Gasteiger partial charge is 0.488 e. The van der Waals surface area contributed by atoms with Crippen molar-refractivity contribution in [1.29, 1.82) is 0 Å². The molecule has 2 nitrogen and oxygen atoms in total. The average molecular weight is 340 g/mol. The molecule has 102 valence electrons. The van der Waals surface area contributed by atoms with E-state index in [4.69, 9.17) is 4.74 Å². The zero-order valence-corrected chi connectivity index (χ0v) is 13.6. The molecule has 0 bridgehead atoms. The molecule has 0 aliphatic heterocycles. The molecular formula is C15H18BrNOS. The summed E-state index contributed by atoms with van der Waals surface area (Å²) in [4.78, 5) is 1.24. The highest BCUT2D eigenvalue weighted by Crippen LogP contribution is 2.28. The van der Waals surface area contributed by atoms with Gasteiger partial charge in [-0.15, -0.1) is 11.3 Å². The molecular weight excluding hydrogens is 322 g/mol. The molecule has 0 amide bonds. The van der Waals surface area contributed by atoms with E-state index in [1.54, 1.807) is 11.3 Å². The van der Waals surface area contributed by atoms with Gasteiger partial charge in [-0.1, -0.05) is 35.0 Å². The highest BCUT2D eigenvalue weighted by atomic mass is 79.9. The summed E-state index contributed by atoms with van der Waals surface area (Å²) in [6, 6.07) is 10.6. The first-order chi connectivity index (χ1) is 9.20. The van der Waals surface area contributed by atoms with Gasteiger partial charge in [-0.2, -0.15) is 0 Å². The Morgan fingerprint density at radius 2 is 2.21 bits per heavy atom. The van der Waals surface area contributed by atoms with Gasteiger partial charge in [0, 0.05) is 15.4 Å². The number of hydrogen-bond acceptors (Lipinski definition) is 3. The Kier molecular flexibility index (Phi) is 5.43. The van der Waals surface area contributed by atoms with Gasteiger partial charge in [0.2, 0.25) is 0 Å². The lowest BCUT2D eigenvalue weighted by atomic mass is 10.1. The Bertz CT molecular complexity index is 513. The van der Waals surface area contributed by atoms with Gasteiger partial charge in [-0.25, -0.2) is 0 Å². The second-order valence-electron chi connectivity index (χ2n) is 4.33. The first kappa shape index (κ1) is 14.6. The van der Waals surface area contributed by atoms with Crippen molar-refractivity contribution in [3.05, 3.63) is 50.6 Å². The number of benzene rings is 1. The molecule has 0 radical (unpaired) electrons. The van der Waals surface area contributed by atoms with E-state index in [1.165, 1.54) is 10.4 Å². The predicted octanol–water partition coefficient (Wildman–Crippen LogP) is 4.76. The minimum atomic E-state index is 0.339. The summed E-state index contributed by atoms with van der Waals surface area (Å²) in [5.41, 5.74) is 1.25. The van der Waals surface area contributed by atoms with Crippen molar-refractivity contribution in [1.82, 2.24) is 5.32 Å². The molecule has 1 N–H and O–H groups in total. The van der Waals surface area contributed by atoms with Crippen LogP contribution in [-0.4, -0.2) is 6.54 Å². The highest BCUT2D eigenvalue weighted by Gasteiger charge is 2.09. The molecule has 2 rings (SSSR count). The fourth-order valence-electron chi connectivity index (χ4n) is 1.91. The fourth-order valence-corrected chi connectivity index (χ4v) is 3.23. The van der Waals surface area contributed by atoms with Gasteiger partial charge >= 0.3 is 0 Å². The van der Waals surface area contributed by atoms with Gasteiger partial charge in [0.1, 0.15) is 12.4 Å². The van der Waals surface area contributed by atoms with Crippen LogP contribution in [0.25, 0.3) is 0 Å². The first-order valence-corrected chi connectivity index (χ1v) is 8.06. The van der Waals surface area contributed by atoms with Crippen LogP contribution >= 0.6 is 27.3 Å². The van der Waals surface area contributed by atoms with E-state index >= 15 is 0 Å². The Morgan fingerprint density at radius 1 is 1.37 bits per heavy atom. The van der Waals surface area contributed by atoms with Crippen LogP contribution in [0.1, 0.15) is 30.3 Å². The maximum atomic E-state index is 5.79. The molecule has 0 saturated heterocycles. The monoisotopic (exact) mass is 339 g/mol. The second-order valence-corrected chi connectivity index (χ2v) is 6.22. The molecule has 2 aromatic rings. The lowest BCUT2D eigenvalue weighted by Gasteiger charge is -2.15. The molecule has 0 aliphatic carbocycles. The van der Waals surface area contributed by atoms with E-state index in [-0.39, 0.29) is 0 Å². The summed E-state index contributed by atoms with van der Waals surface area (Å²) < 4.78 is 6.87. The molecule has 0 fully saturated rings. The zero-order chi connectivity index (χ0) is 13.7. The Labute approximate surface area is 126 Å². The molecule has 1 aromatic heterocycles. The molecule has 4 heteroatoms. The van der Waals surface area contributed by atoms with E-state index < -0.39 is 0 Å². The summed E-state index contributed by atoms with van der Waals surface area (Å²) in [5.74, 6) is 0.896. The summed E-state index contributed by atoms with van der Waals surface area (Å²) in [7, 11) is 0. The third-order valence-electron chi connectivity index (χ3n) is 2.91. The summed E-state index contributed by atoms with van der Waals surface area (Å²) in [6.07, 6.45) is 0. The maximum absolute atomic E-state index is 5.79. The number of ether oxygens (including phenoxy) is 1. The Balaban J connectivity index is 2.02. The molecule has 1 heterocycles. The first-order valence-electron chi connectivity index (χ1n) is 6.38. The highest BCUT2D eigenvalue weighted by molar-refractivity contribution is 9.10. The van der Waals surface area contributed by atoms with Crippen molar-refractivity contribution < 1.29 is 4.74 Å². The Morgan fingerprint density at radius 3 is 2.84 bits per heavy atom. The second kappa shape index (κ2) is 7.08. The molecule has 19 heavy (non-hydrogen) atoms. The number of rotatable bonds is 6. The third-order valence-corrected chi connectivity index (χ3v) is 4.45. The van der Waals surface area contributed by atoms with Crippen LogP contribution in [0, 0.1) is 0 Å². The minimum absolute atomic E-state index is 0.339. The number of halogens is 1. The summed E-state index contributed by atoms with van der Waals surface area (Å²) in [5, 5.41) is 5.47. The van der Waals surface area contributed by atoms with Crippen molar-refractivity contribution >= 4 is 27.3 Å². The van der Waals surface area contributed by atoms with Gasteiger partial charge in [0.25, 0.3) is 0 Å². The molecule has 1 unspecified atom stereocenters. The zero-order valence-electron chi connectivity index (χ0n) is 11.2. The summed E-state index contributed by atoms with van der Waals surface area (Å²) in [6.45, 7) is 5.87. The van der Waals surface area contributed by atoms with E-state index in [9.17, 15) is 0 Å². The Hall–Kier alpha value is -0.840. The van der Waals surface area contributed by atoms with E-state index in [2.05, 4.69) is 52.6 Å². The molecule has 0 aliphatic rings. The van der Waals surface area contributed by atoms with Crippen LogP contribution in [0.2, 0.25) is 0 Å². The predicted molar refractivity (Wildman–Crippen MR) is 84.9 cm³/mol. The van der Waals surface area contributed by atoms with Crippen molar-refractivity contribution in [2.75, 3.05) is 6.54 Å². The molecule has 0 saturated carbocycles. The quantitative estimate of drug-likeness (QED) is 0.819. The fraction of sp³-hybridized carbons (Fsp3) is 0.333. The van der Waals surface area contributed by atoms with Gasteiger partial charge in [-0.05, 0) is 42.6 Å². The van der Waals surface area contributed by atoms with Crippen molar-refractivity contribution in [3.63, 3.8) is 0 Å². The van der Waals surface area contributed by atoms with Crippen LogP contribution < -0.4 is 10.1 Å². The molecule has 1 atom stereocenters. The van der Waals surface area contributed by atoms with Crippen LogP contribution in [0.3, 0.4) is 0 Å². The molecule has 1 aromatic carbocycles. The van der Waals surface area contributed by atoms with Crippen molar-refractivity contribution in [2.45, 2.75) is 26.5 Å². The van der Waals surface area contributed by atoms with Crippen LogP contribution in [0.5, 0.6) is 5.75 Å².